The summed E-state index contributed by atoms with van der Waals surface area (Å²) in [5.41, 5.74) is 1.14. The molecule has 0 radical (unpaired) electrons. The zero-order valence-electron chi connectivity index (χ0n) is 15.1. The number of anilines is 2. The van der Waals surface area contributed by atoms with Gasteiger partial charge in [-0.1, -0.05) is 22.9 Å². The molecule has 3 heterocycles. The van der Waals surface area contributed by atoms with Crippen LogP contribution in [0, 0.1) is 11.7 Å². The van der Waals surface area contributed by atoms with E-state index in [-0.39, 0.29) is 22.5 Å². The van der Waals surface area contributed by atoms with Crippen LogP contribution in [0.1, 0.15) is 23.3 Å². The minimum Gasteiger partial charge on any atom is -0.477 e. The number of carbonyl (C=O) groups is 2. The van der Waals surface area contributed by atoms with E-state index in [4.69, 9.17) is 16.7 Å². The lowest BCUT2D eigenvalue weighted by Gasteiger charge is -2.33. The highest BCUT2D eigenvalue weighted by Crippen LogP contribution is 2.32. The molecule has 1 aliphatic rings. The van der Waals surface area contributed by atoms with E-state index in [0.717, 1.165) is 18.7 Å². The summed E-state index contributed by atoms with van der Waals surface area (Å²) in [5, 5.41) is 12.5. The van der Waals surface area contributed by atoms with E-state index in [1.54, 1.807) is 6.07 Å². The van der Waals surface area contributed by atoms with Gasteiger partial charge in [0.25, 0.3) is 0 Å². The number of nitrogens with zero attached hydrogens (tertiary/aromatic N) is 3. The van der Waals surface area contributed by atoms with E-state index >= 15 is 0 Å². The van der Waals surface area contributed by atoms with Crippen LogP contribution < -0.4 is 10.2 Å². The van der Waals surface area contributed by atoms with Gasteiger partial charge in [0.15, 0.2) is 5.13 Å². The number of halogens is 2. The number of thiazole rings is 1. The smallest absolute Gasteiger partial charge is 0.354 e. The van der Waals surface area contributed by atoms with Crippen molar-refractivity contribution in [2.75, 3.05) is 23.3 Å². The number of pyridine rings is 1. The highest BCUT2D eigenvalue weighted by Gasteiger charge is 2.27. The van der Waals surface area contributed by atoms with Gasteiger partial charge in [0, 0.05) is 25.0 Å². The van der Waals surface area contributed by atoms with E-state index in [2.05, 4.69) is 15.3 Å². The monoisotopic (exact) mass is 434 g/mol. The van der Waals surface area contributed by atoms with Gasteiger partial charge in [0.1, 0.15) is 17.0 Å². The largest absolute Gasteiger partial charge is 0.477 e. The maximum absolute atomic E-state index is 13.5. The highest BCUT2D eigenvalue weighted by atomic mass is 35.5. The first-order valence-electron chi connectivity index (χ1n) is 8.91. The second kappa shape index (κ2) is 7.92. The average Bonchev–Trinajstić information content (AvgIpc) is 3.10. The van der Waals surface area contributed by atoms with Crippen molar-refractivity contribution in [3.05, 3.63) is 47.0 Å². The van der Waals surface area contributed by atoms with Crippen LogP contribution in [-0.2, 0) is 4.79 Å². The van der Waals surface area contributed by atoms with Gasteiger partial charge in [-0.2, -0.15) is 0 Å². The number of piperidine rings is 1. The third-order valence-corrected chi connectivity index (χ3v) is 5.97. The van der Waals surface area contributed by atoms with Gasteiger partial charge in [0.05, 0.1) is 15.6 Å². The van der Waals surface area contributed by atoms with Crippen LogP contribution >= 0.6 is 22.9 Å². The third-order valence-electron chi connectivity index (χ3n) is 4.76. The number of benzene rings is 1. The number of carboxylic acid groups (broad SMARTS) is 1. The van der Waals surface area contributed by atoms with E-state index in [0.29, 0.717) is 28.3 Å². The molecular weight excluding hydrogens is 419 g/mol. The van der Waals surface area contributed by atoms with Crippen molar-refractivity contribution in [3.63, 3.8) is 0 Å². The molecule has 2 N–H and O–H groups in total. The topological polar surface area (TPSA) is 95.4 Å². The molecular formula is C19H16ClFN4O3S. The van der Waals surface area contributed by atoms with Gasteiger partial charge in [-0.15, -0.1) is 0 Å². The number of hydrogen-bond donors (Lipinski definition) is 2. The number of fused-ring (bicyclic) bond motifs is 1. The summed E-state index contributed by atoms with van der Waals surface area (Å²) < 4.78 is 14.1. The minimum atomic E-state index is -1.09. The molecule has 1 saturated heterocycles. The Balaban J connectivity index is 1.48. The Morgan fingerprint density at radius 2 is 2.17 bits per heavy atom. The van der Waals surface area contributed by atoms with Crippen LogP contribution in [0.4, 0.5) is 15.2 Å². The van der Waals surface area contributed by atoms with E-state index in [1.807, 2.05) is 4.90 Å². The van der Waals surface area contributed by atoms with Crippen molar-refractivity contribution in [3.8, 4) is 0 Å². The number of carbonyl (C=O) groups excluding carboxylic acids is 1. The lowest BCUT2D eigenvalue weighted by Crippen LogP contribution is -2.40. The first-order chi connectivity index (χ1) is 13.9. The van der Waals surface area contributed by atoms with Crippen LogP contribution in [0.5, 0.6) is 0 Å². The first kappa shape index (κ1) is 19.5. The molecule has 29 heavy (non-hydrogen) atoms. The summed E-state index contributed by atoms with van der Waals surface area (Å²) in [5.74, 6) is -2.02. The van der Waals surface area contributed by atoms with Crippen molar-refractivity contribution >= 4 is 55.8 Å². The van der Waals surface area contributed by atoms with E-state index in [9.17, 15) is 14.0 Å². The summed E-state index contributed by atoms with van der Waals surface area (Å²) in [6.45, 7) is 1.18. The molecule has 0 spiro atoms. The molecule has 1 atom stereocenters. The quantitative estimate of drug-likeness (QED) is 0.643. The van der Waals surface area contributed by atoms with Gasteiger partial charge in [-0.05, 0) is 37.1 Å². The Morgan fingerprint density at radius 1 is 1.34 bits per heavy atom. The molecule has 4 rings (SSSR count). The zero-order chi connectivity index (χ0) is 20.5. The van der Waals surface area contributed by atoms with Crippen LogP contribution in [-0.4, -0.2) is 40.0 Å². The zero-order valence-corrected chi connectivity index (χ0v) is 16.6. The summed E-state index contributed by atoms with van der Waals surface area (Å²) in [6.07, 6.45) is 2.95. The molecule has 2 aromatic heterocycles. The van der Waals surface area contributed by atoms with Crippen LogP contribution in [0.3, 0.4) is 0 Å². The third kappa shape index (κ3) is 4.15. The van der Waals surface area contributed by atoms with Crippen LogP contribution in [0.25, 0.3) is 10.2 Å². The number of aromatic carboxylic acids is 1. The molecule has 1 unspecified atom stereocenters. The number of carboxylic acids is 1. The van der Waals surface area contributed by atoms with Crippen molar-refractivity contribution < 1.29 is 19.1 Å². The van der Waals surface area contributed by atoms with Crippen LogP contribution in [0.15, 0.2) is 30.5 Å². The molecule has 10 heteroatoms. The summed E-state index contributed by atoms with van der Waals surface area (Å²) in [4.78, 5) is 34.0. The first-order valence-corrected chi connectivity index (χ1v) is 10.1. The summed E-state index contributed by atoms with van der Waals surface area (Å²) >= 11 is 7.19. The van der Waals surface area contributed by atoms with Gasteiger partial charge in [-0.3, -0.25) is 4.79 Å². The second-order valence-electron chi connectivity index (χ2n) is 6.73. The molecule has 1 fully saturated rings. The molecule has 0 saturated carbocycles. The number of nitrogens with one attached hydrogen (secondary N) is 1. The van der Waals surface area contributed by atoms with Crippen molar-refractivity contribution in [2.45, 2.75) is 12.8 Å². The minimum absolute atomic E-state index is 0.0346. The lowest BCUT2D eigenvalue weighted by atomic mass is 9.96. The van der Waals surface area contributed by atoms with E-state index in [1.165, 1.54) is 35.7 Å². The molecule has 0 bridgehead atoms. The Labute approximate surface area is 174 Å². The standard InChI is InChI=1S/C19H16ClFN4O3S/c20-13-6-11(21)7-15-16(13)23-19(29-15)24-17(26)10-2-1-5-25(9-10)12-3-4-22-14(8-12)18(27)28/h3-4,6-8,10H,1-2,5,9H2,(H,27,28)(H,23,24,26). The van der Waals surface area contributed by atoms with E-state index < -0.39 is 11.8 Å². The fourth-order valence-electron chi connectivity index (χ4n) is 3.38. The Morgan fingerprint density at radius 3 is 2.97 bits per heavy atom. The van der Waals surface area contributed by atoms with Gasteiger partial charge in [0.2, 0.25) is 5.91 Å². The number of aromatic nitrogens is 2. The average molecular weight is 435 g/mol. The Hall–Kier alpha value is -2.78. The second-order valence-corrected chi connectivity index (χ2v) is 8.17. The van der Waals surface area contributed by atoms with Gasteiger partial charge >= 0.3 is 5.97 Å². The van der Waals surface area contributed by atoms with Gasteiger partial charge < -0.3 is 15.3 Å². The number of amides is 1. The molecule has 0 aliphatic carbocycles. The lowest BCUT2D eigenvalue weighted by molar-refractivity contribution is -0.120. The molecule has 1 aliphatic heterocycles. The Kier molecular flexibility index (Phi) is 5.33. The normalized spacial score (nSPS) is 16.8. The molecule has 150 valence electrons. The van der Waals surface area contributed by atoms with Gasteiger partial charge in [-0.25, -0.2) is 19.2 Å². The summed E-state index contributed by atoms with van der Waals surface area (Å²) in [6, 6.07) is 5.76. The Bertz CT molecular complexity index is 1110. The molecule has 1 aromatic carbocycles. The fraction of sp³-hybridized carbons (Fsp3) is 0.263. The maximum atomic E-state index is 13.5. The van der Waals surface area contributed by atoms with Crippen molar-refractivity contribution in [1.29, 1.82) is 0 Å². The van der Waals surface area contributed by atoms with Crippen molar-refractivity contribution in [1.82, 2.24) is 9.97 Å². The van der Waals surface area contributed by atoms with Crippen LogP contribution in [0.2, 0.25) is 5.02 Å². The number of rotatable bonds is 4. The molecule has 1 amide bonds. The predicted octanol–water partition coefficient (Wildman–Crippen LogP) is 4.04. The summed E-state index contributed by atoms with van der Waals surface area (Å²) in [7, 11) is 0. The predicted molar refractivity (Wildman–Crippen MR) is 109 cm³/mol. The number of hydrogen-bond acceptors (Lipinski definition) is 6. The maximum Gasteiger partial charge on any atom is 0.354 e. The SMILES string of the molecule is O=C(O)c1cc(N2CCCC(C(=O)Nc3nc4c(Cl)cc(F)cc4s3)C2)ccn1. The highest BCUT2D eigenvalue weighted by molar-refractivity contribution is 7.22. The van der Waals surface area contributed by atoms with Crippen molar-refractivity contribution in [2.24, 2.45) is 5.92 Å². The molecule has 7 nitrogen and oxygen atoms in total. The fourth-order valence-corrected chi connectivity index (χ4v) is 4.60. The molecule has 3 aromatic rings.